The molecule has 8 heteroatoms. The quantitative estimate of drug-likeness (QED) is 0.827. The van der Waals surface area contributed by atoms with Crippen LogP contribution in [-0.2, 0) is 14.8 Å². The topological polar surface area (TPSA) is 66.5 Å². The fourth-order valence-corrected chi connectivity index (χ4v) is 3.54. The molecule has 0 bridgehead atoms. The molecule has 2 rings (SSSR count). The molecule has 0 aromatic heterocycles. The van der Waals surface area contributed by atoms with Crippen molar-refractivity contribution in [1.29, 1.82) is 0 Å². The lowest BCUT2D eigenvalue weighted by molar-refractivity contribution is -0.116. The Bertz CT molecular complexity index is 826. The van der Waals surface area contributed by atoms with Crippen LogP contribution in [0, 0.1) is 0 Å². The number of benzene rings is 2. The van der Waals surface area contributed by atoms with Crippen LogP contribution in [0.25, 0.3) is 0 Å². The first kappa shape index (κ1) is 18.7. The smallest absolute Gasteiger partial charge is 0.240 e. The monoisotopic (exact) mass is 386 g/mol. The van der Waals surface area contributed by atoms with Gasteiger partial charge in [0.05, 0.1) is 15.6 Å². The lowest BCUT2D eigenvalue weighted by atomic mass is 10.2. The molecule has 0 saturated heterocycles. The molecule has 0 spiro atoms. The average molecular weight is 387 g/mol. The van der Waals surface area contributed by atoms with Gasteiger partial charge in [-0.3, -0.25) is 4.79 Å². The molecule has 5 nitrogen and oxygen atoms in total. The molecule has 0 radical (unpaired) electrons. The Balaban J connectivity index is 2.10. The summed E-state index contributed by atoms with van der Waals surface area (Å²) in [5.74, 6) is -0.266. The minimum absolute atomic E-state index is 0.0413. The van der Waals surface area contributed by atoms with Crippen LogP contribution in [0.5, 0.6) is 0 Å². The largest absolute Gasteiger partial charge is 0.310 e. The van der Waals surface area contributed by atoms with Crippen LogP contribution < -0.4 is 9.62 Å². The number of carbonyl (C=O) groups is 1. The molecule has 2 aromatic carbocycles. The van der Waals surface area contributed by atoms with Crippen LogP contribution in [0.2, 0.25) is 10.0 Å². The highest BCUT2D eigenvalue weighted by Gasteiger charge is 2.17. The van der Waals surface area contributed by atoms with Crippen molar-refractivity contribution >= 4 is 44.8 Å². The highest BCUT2D eigenvalue weighted by atomic mass is 35.5. The molecule has 0 unspecified atom stereocenters. The zero-order valence-corrected chi connectivity index (χ0v) is 15.2. The normalized spacial score (nSPS) is 11.3. The minimum Gasteiger partial charge on any atom is -0.310 e. The summed E-state index contributed by atoms with van der Waals surface area (Å²) in [6.45, 7) is 1.55. The van der Waals surface area contributed by atoms with Gasteiger partial charge in [0.25, 0.3) is 0 Å². The van der Waals surface area contributed by atoms with Crippen LogP contribution in [-0.4, -0.2) is 27.4 Å². The van der Waals surface area contributed by atoms with Crippen LogP contribution >= 0.6 is 23.2 Å². The average Bonchev–Trinajstić information content (AvgIpc) is 2.55. The third kappa shape index (κ3) is 4.70. The highest BCUT2D eigenvalue weighted by Crippen LogP contribution is 2.29. The Morgan fingerprint density at radius 1 is 1.12 bits per heavy atom. The van der Waals surface area contributed by atoms with Gasteiger partial charge >= 0.3 is 0 Å². The Morgan fingerprint density at radius 2 is 1.79 bits per heavy atom. The number of rotatable bonds is 6. The van der Waals surface area contributed by atoms with Crippen molar-refractivity contribution in [1.82, 2.24) is 4.72 Å². The zero-order chi connectivity index (χ0) is 17.7. The molecule has 0 aliphatic carbocycles. The number of carbonyl (C=O) groups excluding carboxylic acids is 1. The fraction of sp³-hybridized carbons (Fsp3) is 0.188. The van der Waals surface area contributed by atoms with E-state index >= 15 is 0 Å². The number of hydrogen-bond donors (Lipinski definition) is 1. The second-order valence-corrected chi connectivity index (χ2v) is 7.59. The van der Waals surface area contributed by atoms with Crippen molar-refractivity contribution in [2.75, 3.05) is 18.0 Å². The molecule has 1 N–H and O–H groups in total. The van der Waals surface area contributed by atoms with Gasteiger partial charge in [0.15, 0.2) is 0 Å². The summed E-state index contributed by atoms with van der Waals surface area (Å²) in [5.41, 5.74) is 0.440. The van der Waals surface area contributed by atoms with Crippen LogP contribution in [0.3, 0.4) is 0 Å². The van der Waals surface area contributed by atoms with E-state index in [0.29, 0.717) is 15.7 Å². The molecular weight excluding hydrogens is 371 g/mol. The predicted octanol–water partition coefficient (Wildman–Crippen LogP) is 3.32. The van der Waals surface area contributed by atoms with Gasteiger partial charge in [0.1, 0.15) is 0 Å². The number of halogens is 2. The van der Waals surface area contributed by atoms with Gasteiger partial charge in [0, 0.05) is 25.0 Å². The number of amides is 1. The van der Waals surface area contributed by atoms with Crippen molar-refractivity contribution in [2.24, 2.45) is 0 Å². The van der Waals surface area contributed by atoms with Gasteiger partial charge in [-0.1, -0.05) is 41.4 Å². The summed E-state index contributed by atoms with van der Waals surface area (Å²) in [5, 5.41) is 0.797. The first-order chi connectivity index (χ1) is 11.3. The minimum atomic E-state index is -3.63. The van der Waals surface area contributed by atoms with Crippen LogP contribution in [0.15, 0.2) is 53.4 Å². The number of sulfonamides is 1. The van der Waals surface area contributed by atoms with Crippen LogP contribution in [0.4, 0.5) is 5.69 Å². The van der Waals surface area contributed by atoms with Gasteiger partial charge in [-0.05, 0) is 30.3 Å². The lowest BCUT2D eigenvalue weighted by Crippen LogP contribution is -2.37. The number of nitrogens with zero attached hydrogens (tertiary/aromatic N) is 1. The summed E-state index contributed by atoms with van der Waals surface area (Å²) >= 11 is 12.1. The summed E-state index contributed by atoms with van der Waals surface area (Å²) < 4.78 is 26.8. The predicted molar refractivity (Wildman–Crippen MR) is 96.1 cm³/mol. The number of hydrogen-bond acceptors (Lipinski definition) is 3. The van der Waals surface area contributed by atoms with Gasteiger partial charge in [0.2, 0.25) is 15.9 Å². The van der Waals surface area contributed by atoms with Crippen molar-refractivity contribution in [3.05, 3.63) is 58.6 Å². The summed E-state index contributed by atoms with van der Waals surface area (Å²) in [6, 6.07) is 12.8. The van der Waals surface area contributed by atoms with E-state index < -0.39 is 10.0 Å². The summed E-state index contributed by atoms with van der Waals surface area (Å²) in [6.07, 6.45) is 0. The molecule has 0 fully saturated rings. The maximum atomic E-state index is 12.2. The fourth-order valence-electron chi connectivity index (χ4n) is 2.11. The SMILES string of the molecule is CC(=O)N(CCNS(=O)(=O)c1ccccc1)c1cc(Cl)ccc1Cl. The van der Waals surface area contributed by atoms with E-state index in [1.807, 2.05) is 0 Å². The summed E-state index contributed by atoms with van der Waals surface area (Å²) in [7, 11) is -3.63. The molecular formula is C16H16Cl2N2O3S. The zero-order valence-electron chi connectivity index (χ0n) is 12.9. The molecule has 1 amide bonds. The van der Waals surface area contributed by atoms with Gasteiger partial charge in [-0.25, -0.2) is 13.1 Å². The third-order valence-corrected chi connectivity index (χ3v) is 5.29. The number of nitrogens with one attached hydrogen (secondary N) is 1. The molecule has 2 aromatic rings. The Morgan fingerprint density at radius 3 is 2.42 bits per heavy atom. The second kappa shape index (κ2) is 7.98. The molecule has 0 atom stereocenters. The molecule has 0 aliphatic rings. The van der Waals surface area contributed by atoms with Gasteiger partial charge in [-0.15, -0.1) is 0 Å². The van der Waals surface area contributed by atoms with Gasteiger partial charge < -0.3 is 4.90 Å². The van der Waals surface area contributed by atoms with E-state index in [2.05, 4.69) is 4.72 Å². The highest BCUT2D eigenvalue weighted by molar-refractivity contribution is 7.89. The van der Waals surface area contributed by atoms with Crippen molar-refractivity contribution in [2.45, 2.75) is 11.8 Å². The van der Waals surface area contributed by atoms with E-state index in [1.54, 1.807) is 36.4 Å². The van der Waals surface area contributed by atoms with Gasteiger partial charge in [-0.2, -0.15) is 0 Å². The molecule has 128 valence electrons. The number of anilines is 1. The summed E-state index contributed by atoms with van der Waals surface area (Å²) in [4.78, 5) is 13.4. The van der Waals surface area contributed by atoms with E-state index in [0.717, 1.165) is 0 Å². The van der Waals surface area contributed by atoms with Crippen molar-refractivity contribution in [3.63, 3.8) is 0 Å². The second-order valence-electron chi connectivity index (χ2n) is 4.98. The Labute approximate surface area is 151 Å². The molecule has 24 heavy (non-hydrogen) atoms. The Kier molecular flexibility index (Phi) is 6.23. The van der Waals surface area contributed by atoms with Crippen molar-refractivity contribution in [3.8, 4) is 0 Å². The maximum absolute atomic E-state index is 12.2. The standard InChI is InChI=1S/C16H16Cl2N2O3S/c1-12(21)20(16-11-13(17)7-8-15(16)18)10-9-19-24(22,23)14-5-3-2-4-6-14/h2-8,11,19H,9-10H2,1H3. The third-order valence-electron chi connectivity index (χ3n) is 3.26. The van der Waals surface area contributed by atoms with Crippen LogP contribution in [0.1, 0.15) is 6.92 Å². The van der Waals surface area contributed by atoms with E-state index in [4.69, 9.17) is 23.2 Å². The van der Waals surface area contributed by atoms with E-state index in [1.165, 1.54) is 24.0 Å². The maximum Gasteiger partial charge on any atom is 0.240 e. The lowest BCUT2D eigenvalue weighted by Gasteiger charge is -2.22. The molecule has 0 heterocycles. The first-order valence-corrected chi connectivity index (χ1v) is 9.33. The molecule has 0 aliphatic heterocycles. The van der Waals surface area contributed by atoms with Crippen molar-refractivity contribution < 1.29 is 13.2 Å². The van der Waals surface area contributed by atoms with E-state index in [9.17, 15) is 13.2 Å². The van der Waals surface area contributed by atoms with E-state index in [-0.39, 0.29) is 23.9 Å². The molecule has 0 saturated carbocycles. The first-order valence-electron chi connectivity index (χ1n) is 7.09. The Hall–Kier alpha value is -1.60.